The highest BCUT2D eigenvalue weighted by Crippen LogP contribution is 2.29. The van der Waals surface area contributed by atoms with E-state index >= 15 is 0 Å². The molecule has 1 aliphatic rings. The SMILES string of the molecule is O=C(NC1(C(=O)O)CCCCC1)c1cc(Cl)ncc1Cl. The maximum Gasteiger partial charge on any atom is 0.329 e. The number of carbonyl (C=O) groups excluding carboxylic acids is 1. The van der Waals surface area contributed by atoms with Gasteiger partial charge in [-0.2, -0.15) is 0 Å². The van der Waals surface area contributed by atoms with Crippen molar-refractivity contribution in [3.63, 3.8) is 0 Å². The number of nitrogens with one attached hydrogen (secondary N) is 1. The van der Waals surface area contributed by atoms with Gasteiger partial charge in [-0.1, -0.05) is 42.5 Å². The van der Waals surface area contributed by atoms with E-state index in [2.05, 4.69) is 10.3 Å². The van der Waals surface area contributed by atoms with Gasteiger partial charge in [0.05, 0.1) is 10.6 Å². The zero-order chi connectivity index (χ0) is 14.8. The van der Waals surface area contributed by atoms with E-state index in [4.69, 9.17) is 23.2 Å². The highest BCUT2D eigenvalue weighted by Gasteiger charge is 2.41. The Morgan fingerprint density at radius 3 is 2.50 bits per heavy atom. The molecule has 1 fully saturated rings. The Bertz CT molecular complexity index is 542. The summed E-state index contributed by atoms with van der Waals surface area (Å²) in [6.07, 6.45) is 4.64. The molecule has 1 heterocycles. The number of hydrogen-bond donors (Lipinski definition) is 2. The molecule has 0 radical (unpaired) electrons. The van der Waals surface area contributed by atoms with Crippen LogP contribution in [0.25, 0.3) is 0 Å². The first-order chi connectivity index (χ1) is 9.44. The zero-order valence-electron chi connectivity index (χ0n) is 10.7. The lowest BCUT2D eigenvalue weighted by Gasteiger charge is -2.34. The molecule has 0 atom stereocenters. The lowest BCUT2D eigenvalue weighted by molar-refractivity contribution is -0.145. The van der Waals surface area contributed by atoms with Crippen LogP contribution in [0.1, 0.15) is 42.5 Å². The van der Waals surface area contributed by atoms with E-state index in [1.807, 2.05) is 0 Å². The van der Waals surface area contributed by atoms with Gasteiger partial charge in [-0.15, -0.1) is 0 Å². The molecule has 20 heavy (non-hydrogen) atoms. The van der Waals surface area contributed by atoms with Crippen LogP contribution in [0.3, 0.4) is 0 Å². The van der Waals surface area contributed by atoms with Crippen molar-refractivity contribution in [3.8, 4) is 0 Å². The lowest BCUT2D eigenvalue weighted by Crippen LogP contribution is -2.55. The predicted molar refractivity (Wildman–Crippen MR) is 75.2 cm³/mol. The Balaban J connectivity index is 2.24. The van der Waals surface area contributed by atoms with E-state index in [1.165, 1.54) is 12.3 Å². The Morgan fingerprint density at radius 1 is 1.25 bits per heavy atom. The summed E-state index contributed by atoms with van der Waals surface area (Å²) >= 11 is 11.6. The number of aromatic nitrogens is 1. The third-order valence-electron chi connectivity index (χ3n) is 3.54. The molecule has 5 nitrogen and oxygen atoms in total. The molecule has 108 valence electrons. The van der Waals surface area contributed by atoms with E-state index in [-0.39, 0.29) is 15.7 Å². The number of rotatable bonds is 3. The number of carboxylic acids is 1. The number of nitrogens with zero attached hydrogens (tertiary/aromatic N) is 1. The molecular formula is C13H14Cl2N2O3. The molecule has 0 bridgehead atoms. The molecule has 1 aromatic heterocycles. The predicted octanol–water partition coefficient (Wildman–Crippen LogP) is 2.91. The maximum absolute atomic E-state index is 12.3. The highest BCUT2D eigenvalue weighted by molar-refractivity contribution is 6.35. The minimum absolute atomic E-state index is 0.132. The van der Waals surface area contributed by atoms with Gasteiger partial charge in [0.1, 0.15) is 10.7 Å². The number of carboxylic acid groups (broad SMARTS) is 1. The van der Waals surface area contributed by atoms with Crippen LogP contribution in [-0.4, -0.2) is 27.5 Å². The van der Waals surface area contributed by atoms with E-state index in [9.17, 15) is 14.7 Å². The Morgan fingerprint density at radius 2 is 1.90 bits per heavy atom. The summed E-state index contributed by atoms with van der Waals surface area (Å²) in [6.45, 7) is 0. The molecule has 2 N–H and O–H groups in total. The number of amides is 1. The normalized spacial score (nSPS) is 17.5. The Labute approximate surface area is 126 Å². The second-order valence-corrected chi connectivity index (χ2v) is 5.68. The van der Waals surface area contributed by atoms with Crippen molar-refractivity contribution in [2.24, 2.45) is 0 Å². The van der Waals surface area contributed by atoms with Crippen LogP contribution in [0.4, 0.5) is 0 Å². The van der Waals surface area contributed by atoms with Crippen LogP contribution >= 0.6 is 23.2 Å². The fourth-order valence-corrected chi connectivity index (χ4v) is 2.77. The minimum Gasteiger partial charge on any atom is -0.480 e. The van der Waals surface area contributed by atoms with Gasteiger partial charge >= 0.3 is 5.97 Å². The Hall–Kier alpha value is -1.33. The fraction of sp³-hybridized carbons (Fsp3) is 0.462. The van der Waals surface area contributed by atoms with Crippen molar-refractivity contribution >= 4 is 35.1 Å². The molecule has 1 aliphatic carbocycles. The largest absolute Gasteiger partial charge is 0.480 e. The van der Waals surface area contributed by atoms with Crippen molar-refractivity contribution in [2.75, 3.05) is 0 Å². The first kappa shape index (κ1) is 15.1. The quantitative estimate of drug-likeness (QED) is 0.840. The van der Waals surface area contributed by atoms with Gasteiger partial charge in [0.15, 0.2) is 0 Å². The van der Waals surface area contributed by atoms with Crippen molar-refractivity contribution < 1.29 is 14.7 Å². The number of carbonyl (C=O) groups is 2. The summed E-state index contributed by atoms with van der Waals surface area (Å²) in [4.78, 5) is 27.5. The first-order valence-corrected chi connectivity index (χ1v) is 7.07. The van der Waals surface area contributed by atoms with Crippen molar-refractivity contribution in [1.82, 2.24) is 10.3 Å². The summed E-state index contributed by atoms with van der Waals surface area (Å²) in [5, 5.41) is 12.3. The summed E-state index contributed by atoms with van der Waals surface area (Å²) in [7, 11) is 0. The zero-order valence-corrected chi connectivity index (χ0v) is 12.2. The number of hydrogen-bond acceptors (Lipinski definition) is 3. The third-order valence-corrected chi connectivity index (χ3v) is 4.04. The van der Waals surface area contributed by atoms with Gasteiger partial charge in [0.2, 0.25) is 0 Å². The van der Waals surface area contributed by atoms with E-state index in [0.717, 1.165) is 19.3 Å². The second kappa shape index (κ2) is 5.97. The van der Waals surface area contributed by atoms with Crippen LogP contribution < -0.4 is 5.32 Å². The van der Waals surface area contributed by atoms with Crippen LogP contribution in [0.15, 0.2) is 12.3 Å². The molecule has 7 heteroatoms. The van der Waals surface area contributed by atoms with Gasteiger partial charge in [-0.05, 0) is 18.9 Å². The van der Waals surface area contributed by atoms with Crippen LogP contribution in [0, 0.1) is 0 Å². The third kappa shape index (κ3) is 3.04. The second-order valence-electron chi connectivity index (χ2n) is 4.89. The Kier molecular flexibility index (Phi) is 4.50. The van der Waals surface area contributed by atoms with Gasteiger partial charge < -0.3 is 10.4 Å². The summed E-state index contributed by atoms with van der Waals surface area (Å²) in [6, 6.07) is 1.33. The molecule has 0 saturated heterocycles. The van der Waals surface area contributed by atoms with Gasteiger partial charge in [0, 0.05) is 6.20 Å². The highest BCUT2D eigenvalue weighted by atomic mass is 35.5. The average Bonchev–Trinajstić information content (AvgIpc) is 2.42. The molecule has 0 spiro atoms. The van der Waals surface area contributed by atoms with E-state index < -0.39 is 17.4 Å². The maximum atomic E-state index is 12.3. The van der Waals surface area contributed by atoms with Gasteiger partial charge in [0.25, 0.3) is 5.91 Å². The van der Waals surface area contributed by atoms with E-state index in [1.54, 1.807) is 0 Å². The van der Waals surface area contributed by atoms with Crippen molar-refractivity contribution in [1.29, 1.82) is 0 Å². The summed E-state index contributed by atoms with van der Waals surface area (Å²) in [5.74, 6) is -1.55. The van der Waals surface area contributed by atoms with E-state index in [0.29, 0.717) is 12.8 Å². The smallest absolute Gasteiger partial charge is 0.329 e. The molecule has 2 rings (SSSR count). The average molecular weight is 317 g/mol. The fourth-order valence-electron chi connectivity index (χ4n) is 2.42. The molecule has 0 aliphatic heterocycles. The van der Waals surface area contributed by atoms with Crippen molar-refractivity contribution in [3.05, 3.63) is 28.0 Å². The standard InChI is InChI=1S/C13H14Cl2N2O3/c14-9-7-16-10(15)6-8(9)11(18)17-13(12(19)20)4-2-1-3-5-13/h6-7H,1-5H2,(H,17,18)(H,19,20). The minimum atomic E-state index is -1.21. The van der Waals surface area contributed by atoms with Gasteiger partial charge in [-0.25, -0.2) is 9.78 Å². The topological polar surface area (TPSA) is 79.3 Å². The van der Waals surface area contributed by atoms with Crippen LogP contribution in [0.2, 0.25) is 10.2 Å². The van der Waals surface area contributed by atoms with Crippen molar-refractivity contribution in [2.45, 2.75) is 37.6 Å². The lowest BCUT2D eigenvalue weighted by atomic mass is 9.81. The summed E-state index contributed by atoms with van der Waals surface area (Å²) in [5.41, 5.74) is -1.08. The van der Waals surface area contributed by atoms with Gasteiger partial charge in [-0.3, -0.25) is 4.79 Å². The number of aliphatic carboxylic acids is 1. The molecular weight excluding hydrogens is 303 g/mol. The molecule has 1 saturated carbocycles. The van der Waals surface area contributed by atoms with Crippen LogP contribution in [-0.2, 0) is 4.79 Å². The first-order valence-electron chi connectivity index (χ1n) is 6.31. The molecule has 1 aromatic rings. The number of halogens is 2. The number of pyridine rings is 1. The van der Waals surface area contributed by atoms with Crippen LogP contribution in [0.5, 0.6) is 0 Å². The summed E-state index contributed by atoms with van der Waals surface area (Å²) < 4.78 is 0. The molecule has 0 aromatic carbocycles. The monoisotopic (exact) mass is 316 g/mol. The molecule has 1 amide bonds. The molecule has 0 unspecified atom stereocenters.